The van der Waals surface area contributed by atoms with Crippen molar-refractivity contribution in [1.29, 1.82) is 0 Å². The van der Waals surface area contributed by atoms with Gasteiger partial charge in [0.2, 0.25) is 0 Å². The predicted octanol–water partition coefficient (Wildman–Crippen LogP) is -1.47. The maximum atomic E-state index is 10.3. The van der Waals surface area contributed by atoms with Crippen LogP contribution in [0.2, 0.25) is 0 Å². The fourth-order valence-electron chi connectivity index (χ4n) is 0.388. The molecule has 2 N–H and O–H groups in total. The van der Waals surface area contributed by atoms with E-state index >= 15 is 0 Å². The van der Waals surface area contributed by atoms with Gasteiger partial charge in [0.25, 0.3) is 0 Å². The third-order valence-corrected chi connectivity index (χ3v) is 3.32. The highest BCUT2D eigenvalue weighted by molar-refractivity contribution is 7.90. The van der Waals surface area contributed by atoms with E-state index in [1.54, 1.807) is 0 Å². The molecule has 0 aliphatic heterocycles. The average molecular weight is 186 g/mol. The molecule has 60 valence electrons. The Morgan fingerprint density at radius 2 is 2.10 bits per heavy atom. The molecular weight excluding hydrogens is 179 g/mol. The molecule has 0 saturated heterocycles. The van der Waals surface area contributed by atoms with Gasteiger partial charge in [0.15, 0.2) is 0 Å². The molecule has 0 saturated carbocycles. The second-order valence-corrected chi connectivity index (χ2v) is 4.12. The van der Waals surface area contributed by atoms with Crippen LogP contribution >= 0.6 is 8.18 Å². The van der Waals surface area contributed by atoms with Crippen molar-refractivity contribution in [3.05, 3.63) is 0 Å². The molecule has 0 aromatic heterocycles. The van der Waals surface area contributed by atoms with Crippen LogP contribution in [0.1, 0.15) is 6.92 Å². The van der Waals surface area contributed by atoms with Gasteiger partial charge in [-0.2, -0.15) is 8.42 Å². The van der Waals surface area contributed by atoms with E-state index in [0.717, 1.165) is 0 Å². The van der Waals surface area contributed by atoms with Crippen LogP contribution in [0, 0.1) is 0 Å². The lowest BCUT2D eigenvalue weighted by molar-refractivity contribution is -0.171. The average Bonchev–Trinajstić information content (AvgIpc) is 1.60. The van der Waals surface area contributed by atoms with E-state index in [0.29, 0.717) is 0 Å². The number of hydrogen-bond acceptors (Lipinski definition) is 4. The fourth-order valence-corrected chi connectivity index (χ4v) is 1.72. The lowest BCUT2D eigenvalue weighted by atomic mass is 10.8. The second-order valence-electron chi connectivity index (χ2n) is 1.42. The van der Waals surface area contributed by atoms with Gasteiger partial charge < -0.3 is 4.89 Å². The van der Waals surface area contributed by atoms with E-state index < -0.39 is 18.4 Å². The molecule has 1 atom stereocenters. The molecule has 0 heterocycles. The van der Waals surface area contributed by atoms with Crippen LogP contribution in [0.25, 0.3) is 0 Å². The first-order valence-corrected chi connectivity index (χ1v) is 4.97. The normalized spacial score (nSPS) is 13.8. The SMILES string of the molecule is CCN([P+](=O)[O-])S(N)(=O)=O. The maximum absolute atomic E-state index is 10.3. The van der Waals surface area contributed by atoms with Crippen LogP contribution in [-0.4, -0.2) is 19.0 Å². The monoisotopic (exact) mass is 186 g/mol. The Morgan fingerprint density at radius 1 is 1.70 bits per heavy atom. The highest BCUT2D eigenvalue weighted by Gasteiger charge is 2.27. The summed E-state index contributed by atoms with van der Waals surface area (Å²) in [4.78, 5) is 10.1. The summed E-state index contributed by atoms with van der Waals surface area (Å²) in [7, 11) is -7.21. The van der Waals surface area contributed by atoms with Gasteiger partial charge in [-0.25, -0.2) is 5.14 Å². The van der Waals surface area contributed by atoms with Crippen LogP contribution < -0.4 is 10.0 Å². The summed E-state index contributed by atoms with van der Waals surface area (Å²) < 4.78 is 30.9. The molecule has 0 bridgehead atoms. The summed E-state index contributed by atoms with van der Waals surface area (Å²) >= 11 is 0. The van der Waals surface area contributed by atoms with Gasteiger partial charge in [-0.1, -0.05) is 4.57 Å². The molecule has 1 unspecified atom stereocenters. The highest BCUT2D eigenvalue weighted by Crippen LogP contribution is 2.17. The second kappa shape index (κ2) is 3.36. The van der Waals surface area contributed by atoms with Crippen molar-refractivity contribution in [1.82, 2.24) is 4.08 Å². The van der Waals surface area contributed by atoms with Crippen molar-refractivity contribution in [2.75, 3.05) is 6.54 Å². The van der Waals surface area contributed by atoms with Crippen LogP contribution in [0.15, 0.2) is 0 Å². The molecule has 8 heteroatoms. The Hall–Kier alpha value is -0.0700. The van der Waals surface area contributed by atoms with Gasteiger partial charge in [-0.05, 0) is 6.92 Å². The smallest absolute Gasteiger partial charge is 0.427 e. The molecule has 0 aliphatic carbocycles. The fraction of sp³-hybridized carbons (Fsp3) is 1.00. The van der Waals surface area contributed by atoms with E-state index in [4.69, 9.17) is 0 Å². The van der Waals surface area contributed by atoms with Gasteiger partial charge >= 0.3 is 18.4 Å². The lowest BCUT2D eigenvalue weighted by Gasteiger charge is -2.04. The molecule has 0 aliphatic rings. The van der Waals surface area contributed by atoms with Crippen molar-refractivity contribution < 1.29 is 17.9 Å². The Bertz CT molecular complexity index is 223. The van der Waals surface area contributed by atoms with Crippen molar-refractivity contribution >= 4 is 18.4 Å². The van der Waals surface area contributed by atoms with Gasteiger partial charge in [0.1, 0.15) is 0 Å². The molecule has 0 aromatic carbocycles. The Kier molecular flexibility index (Phi) is 3.34. The summed E-state index contributed by atoms with van der Waals surface area (Å²) in [6.07, 6.45) is 0. The van der Waals surface area contributed by atoms with Crippen LogP contribution in [-0.2, 0) is 14.8 Å². The summed E-state index contributed by atoms with van der Waals surface area (Å²) in [6.45, 7) is 1.20. The molecule has 10 heavy (non-hydrogen) atoms. The van der Waals surface area contributed by atoms with E-state index in [2.05, 4.69) is 5.14 Å². The van der Waals surface area contributed by atoms with Crippen LogP contribution in [0.4, 0.5) is 0 Å². The minimum absolute atomic E-state index is 0.169. The summed E-state index contributed by atoms with van der Waals surface area (Å²) in [6, 6.07) is 0. The Labute approximate surface area is 59.7 Å². The zero-order chi connectivity index (χ0) is 8.36. The van der Waals surface area contributed by atoms with Gasteiger partial charge in [0.05, 0.1) is 6.54 Å². The van der Waals surface area contributed by atoms with E-state index in [1.807, 2.05) is 0 Å². The summed E-state index contributed by atoms with van der Waals surface area (Å²) in [5.74, 6) is 0. The van der Waals surface area contributed by atoms with E-state index in [1.165, 1.54) is 6.92 Å². The van der Waals surface area contributed by atoms with Gasteiger partial charge in [0, 0.05) is 4.08 Å². The number of rotatable bonds is 3. The molecule has 0 fully saturated rings. The number of hydrogen-bond donors (Lipinski definition) is 1. The minimum atomic E-state index is -4.08. The van der Waals surface area contributed by atoms with Crippen molar-refractivity contribution in [2.24, 2.45) is 5.14 Å². The molecule has 0 radical (unpaired) electrons. The van der Waals surface area contributed by atoms with Crippen molar-refractivity contribution in [3.8, 4) is 0 Å². The topological polar surface area (TPSA) is 104 Å². The molecule has 0 spiro atoms. The van der Waals surface area contributed by atoms with Gasteiger partial charge in [-0.3, -0.25) is 0 Å². The van der Waals surface area contributed by atoms with Crippen LogP contribution in [0.5, 0.6) is 0 Å². The lowest BCUT2D eigenvalue weighted by Crippen LogP contribution is -2.32. The standard InChI is InChI=1S/C2H7N2O4PS/c1-2-4(9(5)6)10(3,7)8/h2H2,1H3,(H2,3,7,8). The van der Waals surface area contributed by atoms with Crippen LogP contribution in [0.3, 0.4) is 0 Å². The first kappa shape index (κ1) is 9.93. The van der Waals surface area contributed by atoms with E-state index in [9.17, 15) is 17.9 Å². The summed E-state index contributed by atoms with van der Waals surface area (Å²) in [5, 5.41) is 4.51. The minimum Gasteiger partial charge on any atom is -0.577 e. The molecular formula is C2H7N2O4PS. The van der Waals surface area contributed by atoms with Crippen molar-refractivity contribution in [3.63, 3.8) is 0 Å². The Balaban J connectivity index is 4.55. The quantitative estimate of drug-likeness (QED) is 0.543. The summed E-state index contributed by atoms with van der Waals surface area (Å²) in [5.41, 5.74) is 0. The van der Waals surface area contributed by atoms with E-state index in [-0.39, 0.29) is 10.6 Å². The number of nitrogens with zero attached hydrogens (tertiary/aromatic N) is 1. The molecule has 0 aromatic rings. The third kappa shape index (κ3) is 2.68. The molecule has 0 amide bonds. The molecule has 6 nitrogen and oxygen atoms in total. The third-order valence-electron chi connectivity index (χ3n) is 0.746. The largest absolute Gasteiger partial charge is 0.577 e. The number of nitrogens with two attached hydrogens (primary N) is 1. The first-order chi connectivity index (χ1) is 4.39. The molecule has 0 rings (SSSR count). The maximum Gasteiger partial charge on any atom is 0.427 e. The highest BCUT2D eigenvalue weighted by atomic mass is 32.2. The van der Waals surface area contributed by atoms with Crippen molar-refractivity contribution in [2.45, 2.75) is 6.92 Å². The predicted molar refractivity (Wildman–Crippen MR) is 33.1 cm³/mol. The Morgan fingerprint density at radius 3 is 2.10 bits per heavy atom. The first-order valence-electron chi connectivity index (χ1n) is 2.34. The zero-order valence-electron chi connectivity index (χ0n) is 5.22. The van der Waals surface area contributed by atoms with Gasteiger partial charge in [-0.15, -0.1) is 0 Å². The zero-order valence-corrected chi connectivity index (χ0v) is 6.93.